The van der Waals surface area contributed by atoms with Gasteiger partial charge in [-0.3, -0.25) is 0 Å². The molecule has 2 heterocycles. The number of rotatable bonds is 3. The van der Waals surface area contributed by atoms with E-state index in [4.69, 9.17) is 17.3 Å². The molecule has 6 heteroatoms. The summed E-state index contributed by atoms with van der Waals surface area (Å²) < 4.78 is 1.67. The molecule has 4 nitrogen and oxygen atoms in total. The first-order valence-electron chi connectivity index (χ1n) is 7.33. The lowest BCUT2D eigenvalue weighted by Crippen LogP contribution is -2.01. The standard InChI is InChI=1S/C18H13ClN4S/c19-14-8-6-13(7-9-14)16-11-24-18(21-16)23-17(20)10-15(22-23)12-4-2-1-3-5-12/h1-11H,20H2. The van der Waals surface area contributed by atoms with Crippen molar-refractivity contribution in [3.8, 4) is 27.6 Å². The van der Waals surface area contributed by atoms with Crippen molar-refractivity contribution >= 4 is 28.8 Å². The zero-order valence-electron chi connectivity index (χ0n) is 12.6. The number of nitrogens with zero attached hydrogens (tertiary/aromatic N) is 3. The van der Waals surface area contributed by atoms with Crippen molar-refractivity contribution in [2.45, 2.75) is 0 Å². The Morgan fingerprint density at radius 1 is 0.917 bits per heavy atom. The summed E-state index contributed by atoms with van der Waals surface area (Å²) in [6, 6.07) is 19.4. The molecule has 2 aromatic heterocycles. The van der Waals surface area contributed by atoms with Gasteiger partial charge in [0.1, 0.15) is 5.82 Å². The summed E-state index contributed by atoms with van der Waals surface area (Å²) in [7, 11) is 0. The maximum absolute atomic E-state index is 6.13. The van der Waals surface area contributed by atoms with Crippen LogP contribution in [-0.4, -0.2) is 14.8 Å². The van der Waals surface area contributed by atoms with Crippen LogP contribution >= 0.6 is 22.9 Å². The molecule has 0 saturated carbocycles. The molecule has 0 unspecified atom stereocenters. The molecule has 0 bridgehead atoms. The van der Waals surface area contributed by atoms with E-state index in [2.05, 4.69) is 10.1 Å². The molecular formula is C18H13ClN4S. The summed E-state index contributed by atoms with van der Waals surface area (Å²) in [4.78, 5) is 4.64. The van der Waals surface area contributed by atoms with Crippen LogP contribution in [0.3, 0.4) is 0 Å². The van der Waals surface area contributed by atoms with E-state index in [1.54, 1.807) is 4.68 Å². The first-order chi connectivity index (χ1) is 11.7. The van der Waals surface area contributed by atoms with Gasteiger partial charge in [0.15, 0.2) is 0 Å². The van der Waals surface area contributed by atoms with Crippen LogP contribution in [0.25, 0.3) is 27.6 Å². The van der Waals surface area contributed by atoms with Gasteiger partial charge in [0.2, 0.25) is 5.13 Å². The summed E-state index contributed by atoms with van der Waals surface area (Å²) in [5, 5.41) is 8.02. The number of halogens is 1. The Kier molecular flexibility index (Phi) is 3.80. The molecule has 0 aliphatic rings. The third-order valence-corrected chi connectivity index (χ3v) is 4.69. The van der Waals surface area contributed by atoms with E-state index in [1.807, 2.05) is 66.0 Å². The molecule has 4 aromatic rings. The van der Waals surface area contributed by atoms with Crippen molar-refractivity contribution in [3.05, 3.63) is 71.1 Å². The Morgan fingerprint density at radius 2 is 1.62 bits per heavy atom. The van der Waals surface area contributed by atoms with Crippen molar-refractivity contribution in [2.24, 2.45) is 0 Å². The average Bonchev–Trinajstić information content (AvgIpc) is 3.23. The average molecular weight is 353 g/mol. The summed E-state index contributed by atoms with van der Waals surface area (Å²) in [5.74, 6) is 0.561. The predicted molar refractivity (Wildman–Crippen MR) is 99.5 cm³/mol. The van der Waals surface area contributed by atoms with Gasteiger partial charge in [0.25, 0.3) is 0 Å². The first-order valence-corrected chi connectivity index (χ1v) is 8.59. The molecule has 2 N–H and O–H groups in total. The molecule has 0 fully saturated rings. The molecule has 0 spiro atoms. The van der Waals surface area contributed by atoms with Crippen LogP contribution in [0.4, 0.5) is 5.82 Å². The predicted octanol–water partition coefficient (Wildman–Crippen LogP) is 4.90. The van der Waals surface area contributed by atoms with E-state index in [-0.39, 0.29) is 0 Å². The Bertz CT molecular complexity index is 974. The second-order valence-electron chi connectivity index (χ2n) is 5.25. The lowest BCUT2D eigenvalue weighted by atomic mass is 10.2. The van der Waals surface area contributed by atoms with Crippen LogP contribution in [0.15, 0.2) is 66.0 Å². The largest absolute Gasteiger partial charge is 0.383 e. The minimum Gasteiger partial charge on any atom is -0.383 e. The van der Waals surface area contributed by atoms with Crippen molar-refractivity contribution < 1.29 is 0 Å². The highest BCUT2D eigenvalue weighted by Crippen LogP contribution is 2.28. The molecule has 0 saturated heterocycles. The summed E-state index contributed by atoms with van der Waals surface area (Å²) >= 11 is 7.43. The Hall–Kier alpha value is -2.63. The fourth-order valence-corrected chi connectivity index (χ4v) is 3.34. The van der Waals surface area contributed by atoms with Crippen molar-refractivity contribution in [2.75, 3.05) is 5.73 Å². The maximum atomic E-state index is 6.13. The number of hydrogen-bond acceptors (Lipinski definition) is 4. The SMILES string of the molecule is Nc1cc(-c2ccccc2)nn1-c1nc(-c2ccc(Cl)cc2)cs1. The van der Waals surface area contributed by atoms with Crippen molar-refractivity contribution in [3.63, 3.8) is 0 Å². The molecular weight excluding hydrogens is 340 g/mol. The smallest absolute Gasteiger partial charge is 0.212 e. The molecule has 4 rings (SSSR count). The zero-order valence-corrected chi connectivity index (χ0v) is 14.1. The second kappa shape index (κ2) is 6.11. The maximum Gasteiger partial charge on any atom is 0.212 e. The van der Waals surface area contributed by atoms with Crippen LogP contribution < -0.4 is 5.73 Å². The Labute approximate surface area is 148 Å². The minimum atomic E-state index is 0.561. The molecule has 24 heavy (non-hydrogen) atoms. The van der Waals surface area contributed by atoms with E-state index < -0.39 is 0 Å². The number of anilines is 1. The number of nitrogens with two attached hydrogens (primary N) is 1. The lowest BCUT2D eigenvalue weighted by Gasteiger charge is -1.99. The molecule has 0 atom stereocenters. The molecule has 0 radical (unpaired) electrons. The number of nitrogen functional groups attached to an aromatic ring is 1. The highest BCUT2D eigenvalue weighted by atomic mass is 35.5. The van der Waals surface area contributed by atoms with Crippen LogP contribution in [0.5, 0.6) is 0 Å². The third kappa shape index (κ3) is 2.79. The number of benzene rings is 2. The van der Waals surface area contributed by atoms with Gasteiger partial charge in [0, 0.05) is 27.6 Å². The lowest BCUT2D eigenvalue weighted by molar-refractivity contribution is 0.884. The van der Waals surface area contributed by atoms with Gasteiger partial charge in [-0.15, -0.1) is 11.3 Å². The van der Waals surface area contributed by atoms with Gasteiger partial charge >= 0.3 is 0 Å². The van der Waals surface area contributed by atoms with Crippen molar-refractivity contribution in [1.29, 1.82) is 0 Å². The second-order valence-corrected chi connectivity index (χ2v) is 6.53. The molecule has 0 aliphatic carbocycles. The van der Waals surface area contributed by atoms with E-state index in [1.165, 1.54) is 11.3 Å². The monoisotopic (exact) mass is 352 g/mol. The number of thiazole rings is 1. The van der Waals surface area contributed by atoms with Crippen LogP contribution in [0.1, 0.15) is 0 Å². The van der Waals surface area contributed by atoms with Crippen LogP contribution in [-0.2, 0) is 0 Å². The van der Waals surface area contributed by atoms with E-state index in [0.717, 1.165) is 27.6 Å². The highest BCUT2D eigenvalue weighted by molar-refractivity contribution is 7.12. The highest BCUT2D eigenvalue weighted by Gasteiger charge is 2.12. The summed E-state index contributed by atoms with van der Waals surface area (Å²) in [6.45, 7) is 0. The minimum absolute atomic E-state index is 0.561. The van der Waals surface area contributed by atoms with Gasteiger partial charge in [-0.25, -0.2) is 4.98 Å². The van der Waals surface area contributed by atoms with Gasteiger partial charge in [0.05, 0.1) is 11.4 Å². The van der Waals surface area contributed by atoms with Crippen molar-refractivity contribution in [1.82, 2.24) is 14.8 Å². The number of hydrogen-bond donors (Lipinski definition) is 1. The number of aromatic nitrogens is 3. The van der Waals surface area contributed by atoms with E-state index in [0.29, 0.717) is 10.8 Å². The Balaban J connectivity index is 1.70. The molecule has 0 amide bonds. The fraction of sp³-hybridized carbons (Fsp3) is 0. The quantitative estimate of drug-likeness (QED) is 0.570. The first kappa shape index (κ1) is 14.9. The molecule has 118 valence electrons. The zero-order chi connectivity index (χ0) is 16.5. The molecule has 0 aliphatic heterocycles. The van der Waals surface area contributed by atoms with Gasteiger partial charge in [-0.2, -0.15) is 9.78 Å². The van der Waals surface area contributed by atoms with E-state index in [9.17, 15) is 0 Å². The van der Waals surface area contributed by atoms with Gasteiger partial charge < -0.3 is 5.73 Å². The van der Waals surface area contributed by atoms with Crippen LogP contribution in [0.2, 0.25) is 5.02 Å². The molecule has 2 aromatic carbocycles. The van der Waals surface area contributed by atoms with Gasteiger partial charge in [-0.05, 0) is 12.1 Å². The summed E-state index contributed by atoms with van der Waals surface area (Å²) in [5.41, 5.74) is 9.87. The summed E-state index contributed by atoms with van der Waals surface area (Å²) in [6.07, 6.45) is 0. The third-order valence-electron chi connectivity index (χ3n) is 3.62. The fourth-order valence-electron chi connectivity index (χ4n) is 2.41. The normalized spacial score (nSPS) is 10.9. The topological polar surface area (TPSA) is 56.7 Å². The van der Waals surface area contributed by atoms with E-state index >= 15 is 0 Å². The van der Waals surface area contributed by atoms with Crippen LogP contribution in [0, 0.1) is 0 Å². The van der Waals surface area contributed by atoms with Gasteiger partial charge in [-0.1, -0.05) is 54.1 Å². The Morgan fingerprint density at radius 3 is 2.38 bits per heavy atom.